The predicted octanol–water partition coefficient (Wildman–Crippen LogP) is 0.978. The maximum Gasteiger partial charge on any atom is 0.243 e. The van der Waals surface area contributed by atoms with E-state index in [-0.39, 0.29) is 23.4 Å². The first-order chi connectivity index (χ1) is 11.2. The lowest BCUT2D eigenvalue weighted by Crippen LogP contribution is -2.41. The van der Waals surface area contributed by atoms with E-state index in [4.69, 9.17) is 14.9 Å². The van der Waals surface area contributed by atoms with Gasteiger partial charge in [0.2, 0.25) is 16.4 Å². The van der Waals surface area contributed by atoms with Crippen molar-refractivity contribution < 1.29 is 23.4 Å². The van der Waals surface area contributed by atoms with Crippen molar-refractivity contribution in [3.8, 4) is 5.75 Å². The highest BCUT2D eigenvalue weighted by Crippen LogP contribution is 2.21. The van der Waals surface area contributed by atoms with E-state index in [0.29, 0.717) is 18.7 Å². The van der Waals surface area contributed by atoms with Gasteiger partial charge in [0.25, 0.3) is 0 Å². The van der Waals surface area contributed by atoms with Crippen LogP contribution in [-0.4, -0.2) is 55.6 Å². The number of methoxy groups -OCH3 is 1. The van der Waals surface area contributed by atoms with E-state index in [0.717, 1.165) is 0 Å². The highest BCUT2D eigenvalue weighted by atomic mass is 32.2. The Labute approximate surface area is 144 Å². The number of hydrogen-bond acceptors (Lipinski definition) is 6. The minimum Gasteiger partial charge on any atom is -0.497 e. The third-order valence-corrected chi connectivity index (χ3v) is 5.39. The van der Waals surface area contributed by atoms with E-state index in [2.05, 4.69) is 5.32 Å². The van der Waals surface area contributed by atoms with Crippen molar-refractivity contribution in [2.45, 2.75) is 44.5 Å². The molecule has 138 valence electrons. The molecule has 0 aromatic heterocycles. The number of aliphatic hydroxyl groups excluding tert-OH is 1. The maximum absolute atomic E-state index is 12.9. The van der Waals surface area contributed by atoms with E-state index in [1.165, 1.54) is 23.5 Å². The summed E-state index contributed by atoms with van der Waals surface area (Å²) < 4.78 is 32.2. The molecule has 1 aromatic carbocycles. The minimum atomic E-state index is -3.62. The van der Waals surface area contributed by atoms with Crippen LogP contribution in [0.25, 0.3) is 0 Å². The lowest BCUT2D eigenvalue weighted by Gasteiger charge is -2.26. The fraction of sp³-hybridized carbons (Fsp3) is 0.625. The molecule has 0 saturated carbocycles. The molecule has 0 radical (unpaired) electrons. The molecule has 0 fully saturated rings. The van der Waals surface area contributed by atoms with E-state index in [9.17, 15) is 8.42 Å². The summed E-state index contributed by atoms with van der Waals surface area (Å²) in [6.07, 6.45) is -1.16. The number of ether oxygens (including phenoxy) is 1. The van der Waals surface area contributed by atoms with Crippen molar-refractivity contribution in [3.05, 3.63) is 24.3 Å². The molecule has 0 saturated heterocycles. The largest absolute Gasteiger partial charge is 0.497 e. The second-order valence-electron chi connectivity index (χ2n) is 6.16. The smallest absolute Gasteiger partial charge is 0.243 e. The number of aliphatic hydroxyl groups is 2. The van der Waals surface area contributed by atoms with Crippen LogP contribution >= 0.6 is 0 Å². The SMILES string of the molecule is COc1ccc(S(=O)(=O)N(CC[C@H](C)NC(O)O)CC(C)C)cc1. The van der Waals surface area contributed by atoms with Crippen molar-refractivity contribution in [3.63, 3.8) is 0 Å². The summed E-state index contributed by atoms with van der Waals surface area (Å²) in [4.78, 5) is 0.215. The van der Waals surface area contributed by atoms with Crippen LogP contribution in [0.1, 0.15) is 27.2 Å². The van der Waals surface area contributed by atoms with Gasteiger partial charge in [-0.05, 0) is 43.5 Å². The van der Waals surface area contributed by atoms with Crippen LogP contribution in [0.2, 0.25) is 0 Å². The molecular weight excluding hydrogens is 332 g/mol. The van der Waals surface area contributed by atoms with Gasteiger partial charge in [0, 0.05) is 19.1 Å². The summed E-state index contributed by atoms with van der Waals surface area (Å²) in [5.41, 5.74) is 0. The molecule has 7 nitrogen and oxygen atoms in total. The molecule has 0 unspecified atom stereocenters. The van der Waals surface area contributed by atoms with E-state index >= 15 is 0 Å². The first-order valence-electron chi connectivity index (χ1n) is 7.93. The number of sulfonamides is 1. The van der Waals surface area contributed by atoms with E-state index < -0.39 is 16.4 Å². The molecule has 1 aromatic rings. The van der Waals surface area contributed by atoms with Gasteiger partial charge in [0.05, 0.1) is 12.0 Å². The van der Waals surface area contributed by atoms with Crippen LogP contribution in [0.15, 0.2) is 29.2 Å². The van der Waals surface area contributed by atoms with Gasteiger partial charge in [-0.2, -0.15) is 4.31 Å². The zero-order valence-corrected chi connectivity index (χ0v) is 15.5. The van der Waals surface area contributed by atoms with Gasteiger partial charge in [-0.25, -0.2) is 8.42 Å². The Morgan fingerprint density at radius 2 is 1.75 bits per heavy atom. The van der Waals surface area contributed by atoms with Gasteiger partial charge >= 0.3 is 0 Å². The molecular formula is C16H28N2O5S. The maximum atomic E-state index is 12.9. The number of hydrogen-bond donors (Lipinski definition) is 3. The lowest BCUT2D eigenvalue weighted by atomic mass is 10.2. The Morgan fingerprint density at radius 1 is 1.17 bits per heavy atom. The predicted molar refractivity (Wildman–Crippen MR) is 92.0 cm³/mol. The molecule has 0 aliphatic heterocycles. The third kappa shape index (κ3) is 6.37. The van der Waals surface area contributed by atoms with Crippen molar-refractivity contribution in [1.82, 2.24) is 9.62 Å². The summed E-state index contributed by atoms with van der Waals surface area (Å²) in [7, 11) is -2.09. The normalized spacial score (nSPS) is 13.7. The summed E-state index contributed by atoms with van der Waals surface area (Å²) in [5, 5.41) is 20.4. The Kier molecular flexibility index (Phi) is 8.11. The van der Waals surface area contributed by atoms with Crippen molar-refractivity contribution in [2.75, 3.05) is 20.2 Å². The average Bonchev–Trinajstić information content (AvgIpc) is 2.50. The molecule has 0 amide bonds. The first-order valence-corrected chi connectivity index (χ1v) is 9.37. The highest BCUT2D eigenvalue weighted by molar-refractivity contribution is 7.89. The van der Waals surface area contributed by atoms with Crippen molar-refractivity contribution >= 4 is 10.0 Å². The molecule has 0 heterocycles. The standard InChI is InChI=1S/C16H28N2O5S/c1-12(2)11-18(10-9-13(3)17-16(19)20)24(21,22)15-7-5-14(23-4)6-8-15/h5-8,12-13,16-17,19-20H,9-11H2,1-4H3/t13-/m0/s1. The van der Waals surface area contributed by atoms with Crippen LogP contribution in [0.4, 0.5) is 0 Å². The number of benzene rings is 1. The zero-order valence-electron chi connectivity index (χ0n) is 14.6. The molecule has 0 bridgehead atoms. The lowest BCUT2D eigenvalue weighted by molar-refractivity contribution is -0.0728. The molecule has 3 N–H and O–H groups in total. The highest BCUT2D eigenvalue weighted by Gasteiger charge is 2.25. The topological polar surface area (TPSA) is 99.1 Å². The molecule has 24 heavy (non-hydrogen) atoms. The third-order valence-electron chi connectivity index (χ3n) is 3.51. The fourth-order valence-electron chi connectivity index (χ4n) is 2.29. The summed E-state index contributed by atoms with van der Waals surface area (Å²) in [5.74, 6) is 0.767. The molecule has 0 aliphatic carbocycles. The Morgan fingerprint density at radius 3 is 2.21 bits per heavy atom. The summed E-state index contributed by atoms with van der Waals surface area (Å²) >= 11 is 0. The molecule has 1 rings (SSSR count). The van der Waals surface area contributed by atoms with Gasteiger partial charge < -0.3 is 14.9 Å². The van der Waals surface area contributed by atoms with Gasteiger partial charge in [0.15, 0.2) is 0 Å². The Balaban J connectivity index is 2.91. The zero-order chi connectivity index (χ0) is 18.3. The van der Waals surface area contributed by atoms with Crippen molar-refractivity contribution in [2.24, 2.45) is 5.92 Å². The van der Waals surface area contributed by atoms with Gasteiger partial charge in [-0.1, -0.05) is 13.8 Å². The van der Waals surface area contributed by atoms with Crippen molar-refractivity contribution in [1.29, 1.82) is 0 Å². The van der Waals surface area contributed by atoms with Crippen LogP contribution in [0, 0.1) is 5.92 Å². The average molecular weight is 360 g/mol. The van der Waals surface area contributed by atoms with Crippen LogP contribution in [0.3, 0.4) is 0 Å². The second kappa shape index (κ2) is 9.33. The minimum absolute atomic E-state index is 0.171. The van der Waals surface area contributed by atoms with Gasteiger partial charge in [-0.15, -0.1) is 0 Å². The molecule has 8 heteroatoms. The van der Waals surface area contributed by atoms with Crippen LogP contribution < -0.4 is 10.1 Å². The first kappa shape index (κ1) is 20.9. The van der Waals surface area contributed by atoms with E-state index in [1.54, 1.807) is 19.1 Å². The molecule has 0 spiro atoms. The quantitative estimate of drug-likeness (QED) is 0.538. The Bertz CT molecular complexity index is 587. The number of nitrogens with one attached hydrogen (secondary N) is 1. The molecule has 1 atom stereocenters. The van der Waals surface area contributed by atoms with Crippen LogP contribution in [-0.2, 0) is 10.0 Å². The van der Waals surface area contributed by atoms with E-state index in [1.807, 2.05) is 13.8 Å². The monoisotopic (exact) mass is 360 g/mol. The van der Waals surface area contributed by atoms with Gasteiger partial charge in [0.1, 0.15) is 5.75 Å². The number of nitrogens with zero attached hydrogens (tertiary/aromatic N) is 1. The Hall–Kier alpha value is -1.19. The van der Waals surface area contributed by atoms with Crippen LogP contribution in [0.5, 0.6) is 5.75 Å². The molecule has 0 aliphatic rings. The second-order valence-corrected chi connectivity index (χ2v) is 8.10. The number of rotatable bonds is 10. The summed E-state index contributed by atoms with van der Waals surface area (Å²) in [6.45, 7) is 6.36. The van der Waals surface area contributed by atoms with Gasteiger partial charge in [-0.3, -0.25) is 5.32 Å². The summed E-state index contributed by atoms with van der Waals surface area (Å²) in [6, 6.07) is 6.06. The fourth-order valence-corrected chi connectivity index (χ4v) is 3.91.